The number of nitrogens with zero attached hydrogens (tertiary/aromatic N) is 3. The van der Waals surface area contributed by atoms with E-state index in [9.17, 15) is 19.3 Å². The van der Waals surface area contributed by atoms with Gasteiger partial charge in [0.05, 0.1) is 4.92 Å². The molecule has 2 aromatic rings. The quantitative estimate of drug-likeness (QED) is 0.546. The Bertz CT molecular complexity index is 867. The maximum absolute atomic E-state index is 13.2. The van der Waals surface area contributed by atoms with Crippen LogP contribution in [0.2, 0.25) is 5.02 Å². The van der Waals surface area contributed by atoms with Gasteiger partial charge in [0.1, 0.15) is 5.82 Å². The normalized spacial score (nSPS) is 15.4. The molecule has 3 rings (SSSR count). The number of non-ortho nitro benzene ring substituents is 1. The summed E-state index contributed by atoms with van der Waals surface area (Å²) in [5.41, 5.74) is 1.43. The fourth-order valence-corrected chi connectivity index (χ4v) is 3.80. The number of amides is 1. The molecular weight excluding hydrogens is 385 g/mol. The SMILES string of the molecule is CC(=O)N(c1ccc(F)cc1)C1CCN(Cc2cc([N+](=O)[O-])ccc2Cl)CC1. The molecule has 8 heteroatoms. The molecule has 0 unspecified atom stereocenters. The number of nitro groups is 1. The second-order valence-corrected chi connectivity index (χ2v) is 7.31. The molecule has 148 valence electrons. The van der Waals surface area contributed by atoms with Crippen LogP contribution in [0.25, 0.3) is 0 Å². The summed E-state index contributed by atoms with van der Waals surface area (Å²) in [6, 6.07) is 10.4. The third-order valence-electron chi connectivity index (χ3n) is 5.00. The second-order valence-electron chi connectivity index (χ2n) is 6.91. The highest BCUT2D eigenvalue weighted by atomic mass is 35.5. The van der Waals surface area contributed by atoms with Gasteiger partial charge < -0.3 is 4.90 Å². The van der Waals surface area contributed by atoms with E-state index in [2.05, 4.69) is 4.90 Å². The molecule has 0 spiro atoms. The van der Waals surface area contributed by atoms with Crippen LogP contribution in [0.3, 0.4) is 0 Å². The summed E-state index contributed by atoms with van der Waals surface area (Å²) < 4.78 is 13.2. The van der Waals surface area contributed by atoms with Crippen LogP contribution in [0.5, 0.6) is 0 Å². The van der Waals surface area contributed by atoms with E-state index >= 15 is 0 Å². The fraction of sp³-hybridized carbons (Fsp3) is 0.350. The van der Waals surface area contributed by atoms with E-state index in [1.165, 1.54) is 31.2 Å². The van der Waals surface area contributed by atoms with Gasteiger partial charge in [-0.15, -0.1) is 0 Å². The fourth-order valence-electron chi connectivity index (χ4n) is 3.62. The number of carbonyl (C=O) groups is 1. The Kier molecular flexibility index (Phi) is 6.26. The lowest BCUT2D eigenvalue weighted by molar-refractivity contribution is -0.384. The average molecular weight is 406 g/mol. The Morgan fingerprint density at radius 3 is 2.46 bits per heavy atom. The van der Waals surface area contributed by atoms with Gasteiger partial charge in [0.15, 0.2) is 0 Å². The molecule has 1 saturated heterocycles. The highest BCUT2D eigenvalue weighted by Crippen LogP contribution is 2.27. The van der Waals surface area contributed by atoms with Crippen molar-refractivity contribution in [3.63, 3.8) is 0 Å². The van der Waals surface area contributed by atoms with Gasteiger partial charge in [0.2, 0.25) is 5.91 Å². The van der Waals surface area contributed by atoms with Crippen molar-refractivity contribution >= 4 is 28.9 Å². The maximum atomic E-state index is 13.2. The lowest BCUT2D eigenvalue weighted by atomic mass is 10.0. The third kappa shape index (κ3) is 4.66. The molecule has 0 N–H and O–H groups in total. The highest BCUT2D eigenvalue weighted by molar-refractivity contribution is 6.31. The first-order valence-corrected chi connectivity index (χ1v) is 9.43. The lowest BCUT2D eigenvalue weighted by Crippen LogP contribution is -2.46. The van der Waals surface area contributed by atoms with Gasteiger partial charge in [-0.1, -0.05) is 11.6 Å². The maximum Gasteiger partial charge on any atom is 0.269 e. The van der Waals surface area contributed by atoms with Crippen molar-refractivity contribution < 1.29 is 14.1 Å². The number of hydrogen-bond acceptors (Lipinski definition) is 4. The predicted octanol–water partition coefficient (Wildman–Crippen LogP) is 4.40. The summed E-state index contributed by atoms with van der Waals surface area (Å²) in [6.07, 6.45) is 1.51. The van der Waals surface area contributed by atoms with E-state index in [-0.39, 0.29) is 23.5 Å². The van der Waals surface area contributed by atoms with Crippen molar-refractivity contribution in [1.29, 1.82) is 0 Å². The number of piperidine rings is 1. The first-order valence-electron chi connectivity index (χ1n) is 9.05. The Labute approximate surface area is 167 Å². The summed E-state index contributed by atoms with van der Waals surface area (Å²) in [7, 11) is 0. The van der Waals surface area contributed by atoms with Crippen LogP contribution in [0, 0.1) is 15.9 Å². The van der Waals surface area contributed by atoms with Gasteiger partial charge in [0.25, 0.3) is 5.69 Å². The molecule has 6 nitrogen and oxygen atoms in total. The molecule has 0 bridgehead atoms. The minimum Gasteiger partial charge on any atom is -0.310 e. The summed E-state index contributed by atoms with van der Waals surface area (Å²) in [5.74, 6) is -0.414. The molecule has 1 heterocycles. The summed E-state index contributed by atoms with van der Waals surface area (Å²) in [5, 5.41) is 11.5. The summed E-state index contributed by atoms with van der Waals surface area (Å²) >= 11 is 6.20. The minimum absolute atomic E-state index is 0.0216. The molecule has 28 heavy (non-hydrogen) atoms. The first-order chi connectivity index (χ1) is 13.3. The standard InChI is InChI=1S/C20H21ClFN3O3/c1-14(26)24(17-4-2-16(22)3-5-17)18-8-10-23(11-9-18)13-15-12-19(25(27)28)6-7-20(15)21/h2-7,12,18H,8-11,13H2,1H3. The van der Waals surface area contributed by atoms with Crippen LogP contribution >= 0.6 is 11.6 Å². The zero-order valence-corrected chi connectivity index (χ0v) is 16.2. The van der Waals surface area contributed by atoms with E-state index in [1.807, 2.05) is 0 Å². The van der Waals surface area contributed by atoms with Crippen molar-refractivity contribution in [3.05, 3.63) is 69.0 Å². The van der Waals surface area contributed by atoms with Gasteiger partial charge in [-0.2, -0.15) is 0 Å². The molecule has 1 aliphatic heterocycles. The molecule has 1 aliphatic rings. The number of benzene rings is 2. The van der Waals surface area contributed by atoms with Crippen molar-refractivity contribution in [3.8, 4) is 0 Å². The number of carbonyl (C=O) groups excluding carboxylic acids is 1. The van der Waals surface area contributed by atoms with Gasteiger partial charge in [-0.05, 0) is 48.7 Å². The summed E-state index contributed by atoms with van der Waals surface area (Å²) in [6.45, 7) is 3.49. The zero-order chi connectivity index (χ0) is 20.3. The topological polar surface area (TPSA) is 66.7 Å². The van der Waals surface area contributed by atoms with E-state index in [0.717, 1.165) is 31.5 Å². The highest BCUT2D eigenvalue weighted by Gasteiger charge is 2.28. The number of hydrogen-bond donors (Lipinski definition) is 0. The lowest BCUT2D eigenvalue weighted by Gasteiger charge is -2.38. The number of likely N-dealkylation sites (tertiary alicyclic amines) is 1. The van der Waals surface area contributed by atoms with Crippen LogP contribution in [0.15, 0.2) is 42.5 Å². The van der Waals surface area contributed by atoms with E-state index in [4.69, 9.17) is 11.6 Å². The number of rotatable bonds is 5. The second kappa shape index (κ2) is 8.67. The smallest absolute Gasteiger partial charge is 0.269 e. The van der Waals surface area contributed by atoms with Gasteiger partial charge in [-0.25, -0.2) is 4.39 Å². The van der Waals surface area contributed by atoms with Gasteiger partial charge in [-0.3, -0.25) is 19.8 Å². The molecule has 0 saturated carbocycles. The van der Waals surface area contributed by atoms with Crippen LogP contribution in [-0.2, 0) is 11.3 Å². The Balaban J connectivity index is 1.66. The number of anilines is 1. The largest absolute Gasteiger partial charge is 0.310 e. The minimum atomic E-state index is -0.431. The molecule has 2 aromatic carbocycles. The molecule has 1 amide bonds. The van der Waals surface area contributed by atoms with E-state index in [0.29, 0.717) is 17.3 Å². The molecule has 0 radical (unpaired) electrons. The Morgan fingerprint density at radius 1 is 1.25 bits per heavy atom. The van der Waals surface area contributed by atoms with Crippen molar-refractivity contribution in [2.75, 3.05) is 18.0 Å². The monoisotopic (exact) mass is 405 g/mol. The van der Waals surface area contributed by atoms with Crippen molar-refractivity contribution in [1.82, 2.24) is 4.90 Å². The number of nitro benzene ring substituents is 1. The Hall–Kier alpha value is -2.51. The molecule has 0 aliphatic carbocycles. The molecule has 0 atom stereocenters. The first kappa shape index (κ1) is 20.2. The average Bonchev–Trinajstić information content (AvgIpc) is 2.66. The van der Waals surface area contributed by atoms with Crippen LogP contribution in [0.4, 0.5) is 15.8 Å². The zero-order valence-electron chi connectivity index (χ0n) is 15.5. The Morgan fingerprint density at radius 2 is 1.89 bits per heavy atom. The molecule has 1 fully saturated rings. The molecule has 0 aromatic heterocycles. The van der Waals surface area contributed by atoms with Crippen LogP contribution in [0.1, 0.15) is 25.3 Å². The van der Waals surface area contributed by atoms with Crippen LogP contribution in [-0.4, -0.2) is 34.9 Å². The van der Waals surface area contributed by atoms with Crippen molar-refractivity contribution in [2.24, 2.45) is 0 Å². The third-order valence-corrected chi connectivity index (χ3v) is 5.37. The van der Waals surface area contributed by atoms with E-state index < -0.39 is 4.92 Å². The predicted molar refractivity (Wildman–Crippen MR) is 106 cm³/mol. The van der Waals surface area contributed by atoms with Crippen LogP contribution < -0.4 is 4.90 Å². The van der Waals surface area contributed by atoms with Gasteiger partial charge >= 0.3 is 0 Å². The van der Waals surface area contributed by atoms with Crippen molar-refractivity contribution in [2.45, 2.75) is 32.4 Å². The van der Waals surface area contributed by atoms with Gasteiger partial charge in [0, 0.05) is 55.4 Å². The summed E-state index contributed by atoms with van der Waals surface area (Å²) in [4.78, 5) is 26.6. The van der Waals surface area contributed by atoms with E-state index in [1.54, 1.807) is 23.1 Å². The number of halogens is 2. The molecular formula is C20H21ClFN3O3.